The van der Waals surface area contributed by atoms with Crippen LogP contribution in [0.1, 0.15) is 168 Å². The highest BCUT2D eigenvalue weighted by Gasteiger charge is 2.21. The average molecular weight is 812 g/mol. The molecule has 0 spiro atoms. The van der Waals surface area contributed by atoms with E-state index in [4.69, 9.17) is 18.5 Å². The number of hydrogen-bond donors (Lipinski definition) is 1. The van der Waals surface area contributed by atoms with Crippen LogP contribution in [0.5, 0.6) is 0 Å². The summed E-state index contributed by atoms with van der Waals surface area (Å²) in [6.07, 6.45) is 39.9. The number of quaternary nitrogens is 1. The topological polar surface area (TPSA) is 131 Å². The summed E-state index contributed by atoms with van der Waals surface area (Å²) < 4.78 is 33.8. The molecule has 0 amide bonds. The molecule has 0 aromatic carbocycles. The van der Waals surface area contributed by atoms with Gasteiger partial charge in [-0.2, -0.15) is 0 Å². The molecular formula is C45H82NO9P. The van der Waals surface area contributed by atoms with Crippen LogP contribution in [0.4, 0.5) is 0 Å². The summed E-state index contributed by atoms with van der Waals surface area (Å²) in [7, 11) is 1.12. The third-order valence-electron chi connectivity index (χ3n) is 9.12. The summed E-state index contributed by atoms with van der Waals surface area (Å²) in [5.74, 6) is -0.916. The Kier molecular flexibility index (Phi) is 35.8. The van der Waals surface area contributed by atoms with E-state index in [1.54, 1.807) is 0 Å². The van der Waals surface area contributed by atoms with Gasteiger partial charge < -0.3 is 33.0 Å². The second kappa shape index (κ2) is 37.2. The van der Waals surface area contributed by atoms with Gasteiger partial charge in [0.15, 0.2) is 6.10 Å². The van der Waals surface area contributed by atoms with Gasteiger partial charge in [0.25, 0.3) is 7.82 Å². The number of carbonyl (C=O) groups is 2. The second-order valence-corrected chi connectivity index (χ2v) is 17.4. The Bertz CT molecular complexity index is 1110. The lowest BCUT2D eigenvalue weighted by Crippen LogP contribution is -2.37. The lowest BCUT2D eigenvalue weighted by atomic mass is 10.0. The van der Waals surface area contributed by atoms with E-state index in [9.17, 15) is 24.2 Å². The van der Waals surface area contributed by atoms with Gasteiger partial charge in [0.05, 0.1) is 33.9 Å². The summed E-state index contributed by atoms with van der Waals surface area (Å²) in [4.78, 5) is 37.5. The maximum atomic E-state index is 12.7. The molecule has 0 aromatic rings. The summed E-state index contributed by atoms with van der Waals surface area (Å²) in [6, 6.07) is 0. The molecular weight excluding hydrogens is 729 g/mol. The minimum atomic E-state index is -4.64. The summed E-state index contributed by atoms with van der Waals surface area (Å²) in [6.45, 7) is 3.70. The van der Waals surface area contributed by atoms with Crippen molar-refractivity contribution in [1.29, 1.82) is 0 Å². The molecule has 1 N–H and O–H groups in total. The zero-order valence-electron chi connectivity index (χ0n) is 36.2. The molecule has 10 nitrogen and oxygen atoms in total. The highest BCUT2D eigenvalue weighted by atomic mass is 31.2. The number of ether oxygens (including phenoxy) is 2. The highest BCUT2D eigenvalue weighted by Crippen LogP contribution is 2.38. The van der Waals surface area contributed by atoms with Crippen molar-refractivity contribution >= 4 is 19.8 Å². The molecule has 0 aliphatic heterocycles. The molecule has 3 atom stereocenters. The molecule has 0 aliphatic carbocycles. The number of phosphoric acid groups is 1. The van der Waals surface area contributed by atoms with Crippen LogP contribution in [0.15, 0.2) is 48.6 Å². The molecule has 56 heavy (non-hydrogen) atoms. The van der Waals surface area contributed by atoms with Gasteiger partial charge in [-0.05, 0) is 64.7 Å². The molecule has 0 bridgehead atoms. The number of rotatable bonds is 39. The highest BCUT2D eigenvalue weighted by molar-refractivity contribution is 7.45. The first-order valence-corrected chi connectivity index (χ1v) is 23.3. The lowest BCUT2D eigenvalue weighted by Gasteiger charge is -2.28. The van der Waals surface area contributed by atoms with Crippen LogP contribution in [-0.2, 0) is 32.7 Å². The van der Waals surface area contributed by atoms with Gasteiger partial charge in [0.1, 0.15) is 19.8 Å². The Morgan fingerprint density at radius 3 is 1.61 bits per heavy atom. The normalized spacial score (nSPS) is 14.6. The van der Waals surface area contributed by atoms with Crippen molar-refractivity contribution in [2.45, 2.75) is 180 Å². The Hall–Kier alpha value is -2.07. The minimum absolute atomic E-state index is 0.0449. The Morgan fingerprint density at radius 1 is 0.643 bits per heavy atom. The van der Waals surface area contributed by atoms with Crippen LogP contribution in [-0.4, -0.2) is 81.2 Å². The van der Waals surface area contributed by atoms with E-state index in [-0.39, 0.29) is 32.2 Å². The first kappa shape index (κ1) is 53.9. The summed E-state index contributed by atoms with van der Waals surface area (Å²) >= 11 is 0. The van der Waals surface area contributed by atoms with E-state index in [0.717, 1.165) is 64.2 Å². The van der Waals surface area contributed by atoms with Crippen LogP contribution >= 0.6 is 7.82 Å². The van der Waals surface area contributed by atoms with Gasteiger partial charge in [-0.1, -0.05) is 139 Å². The van der Waals surface area contributed by atoms with Crippen LogP contribution < -0.4 is 4.89 Å². The molecule has 11 heteroatoms. The number of aliphatic hydroxyl groups is 1. The Labute approximate surface area is 342 Å². The van der Waals surface area contributed by atoms with Crippen molar-refractivity contribution in [2.75, 3.05) is 47.5 Å². The molecule has 0 saturated heterocycles. The fourth-order valence-electron chi connectivity index (χ4n) is 5.67. The number of carbonyl (C=O) groups excluding carboxylic acids is 2. The van der Waals surface area contributed by atoms with Crippen molar-refractivity contribution in [2.24, 2.45) is 0 Å². The summed E-state index contributed by atoms with van der Waals surface area (Å²) in [5, 5.41) is 9.27. The van der Waals surface area contributed by atoms with Crippen LogP contribution in [0, 0.1) is 0 Å². The Balaban J connectivity index is 4.45. The van der Waals surface area contributed by atoms with Gasteiger partial charge >= 0.3 is 11.9 Å². The van der Waals surface area contributed by atoms with Gasteiger partial charge in [-0.15, -0.1) is 0 Å². The molecule has 0 aromatic heterocycles. The Morgan fingerprint density at radius 2 is 1.11 bits per heavy atom. The number of allylic oxidation sites excluding steroid dienone is 8. The number of hydrogen-bond acceptors (Lipinski definition) is 9. The second-order valence-electron chi connectivity index (χ2n) is 16.0. The third kappa shape index (κ3) is 41.6. The van der Waals surface area contributed by atoms with Crippen LogP contribution in [0.2, 0.25) is 0 Å². The summed E-state index contributed by atoms with van der Waals surface area (Å²) in [5.41, 5.74) is 0. The van der Waals surface area contributed by atoms with Crippen molar-refractivity contribution in [3.05, 3.63) is 48.6 Å². The molecule has 0 aliphatic rings. The molecule has 326 valence electrons. The van der Waals surface area contributed by atoms with Crippen molar-refractivity contribution in [3.8, 4) is 0 Å². The van der Waals surface area contributed by atoms with Gasteiger partial charge in [0.2, 0.25) is 0 Å². The average Bonchev–Trinajstić information content (AvgIpc) is 3.13. The molecule has 0 fully saturated rings. The smallest absolute Gasteiger partial charge is 0.306 e. The van der Waals surface area contributed by atoms with E-state index >= 15 is 0 Å². The van der Waals surface area contributed by atoms with E-state index in [1.807, 2.05) is 34.1 Å². The first-order chi connectivity index (χ1) is 26.8. The maximum absolute atomic E-state index is 12.7. The zero-order valence-corrected chi connectivity index (χ0v) is 37.1. The number of aliphatic hydroxyl groups excluding tert-OH is 1. The molecule has 0 saturated carbocycles. The lowest BCUT2D eigenvalue weighted by molar-refractivity contribution is -0.870. The van der Waals surface area contributed by atoms with E-state index in [0.29, 0.717) is 23.9 Å². The molecule has 1 unspecified atom stereocenters. The van der Waals surface area contributed by atoms with Crippen molar-refractivity contribution < 1.29 is 47.2 Å². The van der Waals surface area contributed by atoms with E-state index in [2.05, 4.69) is 49.5 Å². The third-order valence-corrected chi connectivity index (χ3v) is 10.1. The zero-order chi connectivity index (χ0) is 41.6. The van der Waals surface area contributed by atoms with Gasteiger partial charge in [0, 0.05) is 12.8 Å². The number of nitrogens with zero attached hydrogens (tertiary/aromatic N) is 1. The van der Waals surface area contributed by atoms with Crippen LogP contribution in [0.25, 0.3) is 0 Å². The number of likely N-dealkylation sites (N-methyl/N-ethyl adjacent to an activating group) is 1. The quantitative estimate of drug-likeness (QED) is 0.0212. The predicted molar refractivity (Wildman–Crippen MR) is 228 cm³/mol. The monoisotopic (exact) mass is 812 g/mol. The fraction of sp³-hybridized carbons (Fsp3) is 0.778. The maximum Gasteiger partial charge on any atom is 0.306 e. The fourth-order valence-corrected chi connectivity index (χ4v) is 6.39. The molecule has 0 rings (SSSR count). The van der Waals surface area contributed by atoms with E-state index < -0.39 is 32.5 Å². The van der Waals surface area contributed by atoms with Gasteiger partial charge in [-0.3, -0.25) is 14.2 Å². The predicted octanol–water partition coefficient (Wildman–Crippen LogP) is 10.6. The largest absolute Gasteiger partial charge is 0.756 e. The SMILES string of the molecule is CCCCCCCCCCCCCCCCC(=O)O[C@H](COC(=O)CCC/C=C\C/C=C\C/C=C\C/C=C\CCC[C@@H](C)O)COP(=O)([O-])OCC[N+](C)(C)C. The minimum Gasteiger partial charge on any atom is -0.756 e. The van der Waals surface area contributed by atoms with Crippen LogP contribution in [0.3, 0.4) is 0 Å². The van der Waals surface area contributed by atoms with Crippen molar-refractivity contribution in [3.63, 3.8) is 0 Å². The molecule has 0 heterocycles. The molecule has 0 radical (unpaired) electrons. The van der Waals surface area contributed by atoms with Gasteiger partial charge in [-0.25, -0.2) is 0 Å². The first-order valence-electron chi connectivity index (χ1n) is 21.9. The number of unbranched alkanes of at least 4 members (excludes halogenated alkanes) is 15. The number of phosphoric ester groups is 1. The van der Waals surface area contributed by atoms with Crippen molar-refractivity contribution in [1.82, 2.24) is 0 Å². The standard InChI is InChI=1S/C45H82NO9P/c1-6-7-8-9-10-11-12-13-18-22-25-28-31-34-37-45(49)55-43(41-54-56(50,51)53-39-38-46(3,4)5)40-52-44(48)36-33-30-27-24-21-19-16-14-15-17-20-23-26-29-32-35-42(2)47/h15-17,19,23-24,26-27,42-43,47H,6-14,18,20-22,25,28-41H2,1-5H3/b17-15-,19-16-,26-23-,27-24-/t42-,43-/m1/s1. The van der Waals surface area contributed by atoms with E-state index in [1.165, 1.54) is 64.2 Å². The number of esters is 2.